The van der Waals surface area contributed by atoms with Crippen LogP contribution < -0.4 is 15.1 Å². The first-order valence-electron chi connectivity index (χ1n) is 15.4. The number of alkyl halides is 1. The molecular formula is C31H38FN5O7S. The Labute approximate surface area is 260 Å². The average Bonchev–Trinajstić information content (AvgIpc) is 3.41. The first-order chi connectivity index (χ1) is 21.4. The van der Waals surface area contributed by atoms with Crippen molar-refractivity contribution in [3.63, 3.8) is 0 Å². The van der Waals surface area contributed by atoms with Crippen LogP contribution >= 0.6 is 0 Å². The molecule has 242 valence electrons. The first kappa shape index (κ1) is 30.5. The molecule has 3 unspecified atom stereocenters. The van der Waals surface area contributed by atoms with Crippen LogP contribution in [0.2, 0.25) is 0 Å². The van der Waals surface area contributed by atoms with Crippen molar-refractivity contribution in [1.29, 1.82) is 0 Å². The lowest BCUT2D eigenvalue weighted by molar-refractivity contribution is -0.0413. The van der Waals surface area contributed by atoms with Crippen LogP contribution in [-0.4, -0.2) is 122 Å². The van der Waals surface area contributed by atoms with E-state index in [1.54, 1.807) is 18.2 Å². The van der Waals surface area contributed by atoms with Gasteiger partial charge < -0.3 is 25.1 Å². The van der Waals surface area contributed by atoms with Gasteiger partial charge in [0.25, 0.3) is 11.8 Å². The molecular weight excluding hydrogens is 605 g/mol. The van der Waals surface area contributed by atoms with Gasteiger partial charge in [-0.15, -0.1) is 0 Å². The highest BCUT2D eigenvalue weighted by atomic mass is 32.2. The second-order valence-electron chi connectivity index (χ2n) is 13.0. The van der Waals surface area contributed by atoms with Crippen molar-refractivity contribution >= 4 is 33.0 Å². The van der Waals surface area contributed by atoms with Crippen LogP contribution in [0.25, 0.3) is 0 Å². The lowest BCUT2D eigenvalue weighted by Gasteiger charge is -2.45. The van der Waals surface area contributed by atoms with Crippen molar-refractivity contribution in [2.24, 2.45) is 5.92 Å². The molecule has 0 radical (unpaired) electrons. The molecule has 0 saturated carbocycles. The van der Waals surface area contributed by atoms with E-state index in [4.69, 9.17) is 0 Å². The maximum atomic E-state index is 14.5. The number of aliphatic hydroxyl groups is 3. The fourth-order valence-electron chi connectivity index (χ4n) is 7.61. The Balaban J connectivity index is 0.950. The number of amides is 2. The number of imide groups is 1. The molecule has 12 nitrogen and oxygen atoms in total. The van der Waals surface area contributed by atoms with E-state index in [9.17, 15) is 37.7 Å². The van der Waals surface area contributed by atoms with Gasteiger partial charge in [-0.05, 0) is 48.7 Å². The summed E-state index contributed by atoms with van der Waals surface area (Å²) in [5, 5.41) is 33.1. The Hall–Kier alpha value is -3.14. The fraction of sp³-hybridized carbons (Fsp3) is 0.548. The molecule has 2 aromatic rings. The number of halogens is 1. The summed E-state index contributed by atoms with van der Waals surface area (Å²) < 4.78 is 39.0. The number of hydrogen-bond acceptors (Lipinski definition) is 11. The summed E-state index contributed by atoms with van der Waals surface area (Å²) in [6.07, 6.45) is -3.30. The number of piperidine rings is 1. The molecule has 0 aromatic heterocycles. The van der Waals surface area contributed by atoms with Crippen molar-refractivity contribution < 1.29 is 37.7 Å². The Morgan fingerprint density at radius 2 is 1.64 bits per heavy atom. The van der Waals surface area contributed by atoms with E-state index in [0.29, 0.717) is 35.4 Å². The number of piperazine rings is 1. The van der Waals surface area contributed by atoms with Gasteiger partial charge in [0.2, 0.25) is 0 Å². The topological polar surface area (TPSA) is 154 Å². The molecule has 2 amide bonds. The second kappa shape index (κ2) is 11.3. The SMILES string of the molecule is CS(=O)(=O)c1ccc(N2CC(CN3CCN(c4ccc5c(c4)C(=O)N(C4CCC(O)NC4O)C5=O)CC3)C2)c2c1[C@H](O)[C@@H](F)C2. The molecule has 14 heteroatoms. The van der Waals surface area contributed by atoms with E-state index in [1.165, 1.54) is 6.07 Å². The van der Waals surface area contributed by atoms with Crippen LogP contribution in [0.4, 0.5) is 15.8 Å². The quantitative estimate of drug-likeness (QED) is 0.321. The lowest BCUT2D eigenvalue weighted by Crippen LogP contribution is -2.58. The summed E-state index contributed by atoms with van der Waals surface area (Å²) in [5.74, 6) is -0.463. The number of anilines is 2. The number of fused-ring (bicyclic) bond motifs is 2. The van der Waals surface area contributed by atoms with Gasteiger partial charge >= 0.3 is 0 Å². The van der Waals surface area contributed by atoms with E-state index in [1.807, 2.05) is 6.07 Å². The zero-order valence-electron chi connectivity index (χ0n) is 25.0. The van der Waals surface area contributed by atoms with E-state index in [0.717, 1.165) is 68.3 Å². The summed E-state index contributed by atoms with van der Waals surface area (Å²) in [4.78, 5) is 34.2. The van der Waals surface area contributed by atoms with E-state index in [-0.39, 0.29) is 16.9 Å². The number of benzene rings is 2. The molecule has 5 atom stereocenters. The van der Waals surface area contributed by atoms with Gasteiger partial charge in [0.1, 0.15) is 24.7 Å². The number of rotatable bonds is 6. The van der Waals surface area contributed by atoms with Crippen LogP contribution in [0, 0.1) is 5.92 Å². The van der Waals surface area contributed by atoms with Gasteiger partial charge in [-0.1, -0.05) is 0 Å². The number of aliphatic hydroxyl groups excluding tert-OH is 3. The monoisotopic (exact) mass is 643 g/mol. The average molecular weight is 644 g/mol. The number of carbonyl (C=O) groups is 2. The van der Waals surface area contributed by atoms with Crippen LogP contribution in [0.3, 0.4) is 0 Å². The zero-order valence-corrected chi connectivity index (χ0v) is 25.8. The van der Waals surface area contributed by atoms with Crippen molar-refractivity contribution in [3.05, 3.63) is 52.6 Å². The van der Waals surface area contributed by atoms with Crippen LogP contribution in [0.15, 0.2) is 35.2 Å². The fourth-order valence-corrected chi connectivity index (χ4v) is 8.57. The van der Waals surface area contributed by atoms with Crippen molar-refractivity contribution in [1.82, 2.24) is 15.1 Å². The highest BCUT2D eigenvalue weighted by Crippen LogP contribution is 2.44. The summed E-state index contributed by atoms with van der Waals surface area (Å²) in [7, 11) is -3.60. The second-order valence-corrected chi connectivity index (χ2v) is 14.9. The standard InChI is InChI=1S/C31H38FN5O7S/c1-45(43,44)25-6-4-23(21-13-22(32)28(39)27(21)25)36-15-17(16-36)14-34-8-10-35(11-9-34)18-2-3-19-20(12-18)31(42)37(30(19)41)24-5-7-26(38)33-29(24)40/h2-4,6,12,17,22,24,26,28-29,33,38-40H,5,7-11,13-16H2,1H3/t22-,24?,26?,28+,29?/m0/s1. The predicted molar refractivity (Wildman–Crippen MR) is 163 cm³/mol. The minimum Gasteiger partial charge on any atom is -0.385 e. The van der Waals surface area contributed by atoms with Gasteiger partial charge in [0.05, 0.1) is 22.1 Å². The third-order valence-electron chi connectivity index (χ3n) is 9.98. The summed E-state index contributed by atoms with van der Waals surface area (Å²) in [5.41, 5.74) is 3.11. The third-order valence-corrected chi connectivity index (χ3v) is 11.1. The van der Waals surface area contributed by atoms with E-state index >= 15 is 0 Å². The lowest BCUT2D eigenvalue weighted by atomic mass is 9.95. The van der Waals surface area contributed by atoms with Crippen LogP contribution in [-0.2, 0) is 16.3 Å². The summed E-state index contributed by atoms with van der Waals surface area (Å²) in [6, 6.07) is 7.79. The number of nitrogens with one attached hydrogen (secondary N) is 1. The largest absolute Gasteiger partial charge is 0.385 e. The molecule has 45 heavy (non-hydrogen) atoms. The molecule has 7 rings (SSSR count). The van der Waals surface area contributed by atoms with Crippen LogP contribution in [0.5, 0.6) is 0 Å². The molecule has 1 aliphatic carbocycles. The van der Waals surface area contributed by atoms with Crippen LogP contribution in [0.1, 0.15) is 50.8 Å². The van der Waals surface area contributed by atoms with Gasteiger partial charge in [-0.25, -0.2) is 12.8 Å². The Morgan fingerprint density at radius 3 is 2.33 bits per heavy atom. The van der Waals surface area contributed by atoms with Crippen molar-refractivity contribution in [2.45, 2.75) is 54.9 Å². The number of hydrogen-bond donors (Lipinski definition) is 4. The summed E-state index contributed by atoms with van der Waals surface area (Å²) in [6.45, 7) is 5.56. The molecule has 3 fully saturated rings. The van der Waals surface area contributed by atoms with Gasteiger partial charge in [0, 0.05) is 81.3 Å². The minimum absolute atomic E-state index is 0.00145. The number of carbonyl (C=O) groups excluding carboxylic acids is 2. The zero-order chi connectivity index (χ0) is 31.8. The Morgan fingerprint density at radius 1 is 0.933 bits per heavy atom. The molecule has 4 heterocycles. The molecule has 3 saturated heterocycles. The van der Waals surface area contributed by atoms with E-state index in [2.05, 4.69) is 20.0 Å². The van der Waals surface area contributed by atoms with Gasteiger partial charge in [-0.3, -0.25) is 24.7 Å². The first-order valence-corrected chi connectivity index (χ1v) is 17.3. The molecule has 5 aliphatic rings. The van der Waals surface area contributed by atoms with Gasteiger partial charge in [-0.2, -0.15) is 0 Å². The number of nitrogens with zero attached hydrogens (tertiary/aromatic N) is 4. The molecule has 0 spiro atoms. The van der Waals surface area contributed by atoms with Gasteiger partial charge in [0.15, 0.2) is 9.84 Å². The highest BCUT2D eigenvalue weighted by Gasteiger charge is 2.45. The van der Waals surface area contributed by atoms with E-state index < -0.39 is 52.4 Å². The molecule has 4 N–H and O–H groups in total. The Kier molecular flexibility index (Phi) is 7.65. The molecule has 4 aliphatic heterocycles. The molecule has 0 bridgehead atoms. The van der Waals surface area contributed by atoms with Crippen molar-refractivity contribution in [3.8, 4) is 0 Å². The maximum Gasteiger partial charge on any atom is 0.262 e. The third kappa shape index (κ3) is 5.30. The highest BCUT2D eigenvalue weighted by molar-refractivity contribution is 7.90. The molecule has 2 aromatic carbocycles. The smallest absolute Gasteiger partial charge is 0.262 e. The predicted octanol–water partition coefficient (Wildman–Crippen LogP) is 0.261. The maximum absolute atomic E-state index is 14.5. The Bertz CT molecular complexity index is 1640. The summed E-state index contributed by atoms with van der Waals surface area (Å²) >= 11 is 0. The normalized spacial score (nSPS) is 29.3. The number of sulfone groups is 1. The van der Waals surface area contributed by atoms with Crippen molar-refractivity contribution in [2.75, 3.05) is 61.9 Å². The minimum atomic E-state index is -3.60.